The summed E-state index contributed by atoms with van der Waals surface area (Å²) in [5.74, 6) is -0.101. The number of hydrogen-bond acceptors (Lipinski definition) is 5. The van der Waals surface area contributed by atoms with Crippen molar-refractivity contribution in [1.29, 1.82) is 0 Å². The summed E-state index contributed by atoms with van der Waals surface area (Å²) >= 11 is 0. The Labute approximate surface area is 171 Å². The van der Waals surface area contributed by atoms with Gasteiger partial charge < -0.3 is 9.64 Å². The topological polar surface area (TPSA) is 76.2 Å². The van der Waals surface area contributed by atoms with E-state index in [4.69, 9.17) is 9.57 Å². The molecule has 3 rings (SSSR count). The number of amides is 1. The summed E-state index contributed by atoms with van der Waals surface area (Å²) in [6.45, 7) is 1.81. The Balaban J connectivity index is 1.54. The minimum Gasteiger partial charge on any atom is -0.373 e. The Bertz CT molecular complexity index is 908. The normalized spacial score (nSPS) is 15.6. The maximum atomic E-state index is 12.7. The van der Waals surface area contributed by atoms with Gasteiger partial charge in [-0.25, -0.2) is 8.42 Å². The molecule has 8 heteroatoms. The van der Waals surface area contributed by atoms with Gasteiger partial charge in [-0.3, -0.25) is 9.63 Å². The summed E-state index contributed by atoms with van der Waals surface area (Å²) in [4.78, 5) is 19.4. The third-order valence-corrected chi connectivity index (χ3v) is 6.75. The van der Waals surface area contributed by atoms with Gasteiger partial charge in [0.25, 0.3) is 15.9 Å². The maximum Gasteiger partial charge on any atom is 0.264 e. The van der Waals surface area contributed by atoms with Crippen LogP contribution in [0.2, 0.25) is 0 Å². The van der Waals surface area contributed by atoms with E-state index < -0.39 is 10.0 Å². The van der Waals surface area contributed by atoms with Crippen LogP contribution in [0.15, 0.2) is 59.5 Å². The van der Waals surface area contributed by atoms with Crippen LogP contribution < -0.4 is 0 Å². The number of rotatable bonds is 7. The van der Waals surface area contributed by atoms with E-state index in [-0.39, 0.29) is 16.9 Å². The Hall–Kier alpha value is -2.26. The first-order chi connectivity index (χ1) is 13.9. The van der Waals surface area contributed by atoms with Gasteiger partial charge in [0.05, 0.1) is 24.7 Å². The van der Waals surface area contributed by atoms with Crippen LogP contribution in [0.4, 0.5) is 0 Å². The van der Waals surface area contributed by atoms with Gasteiger partial charge in [-0.15, -0.1) is 0 Å². The molecule has 156 valence electrons. The van der Waals surface area contributed by atoms with Crippen LogP contribution in [0, 0.1) is 0 Å². The number of likely N-dealkylation sites (tertiary alicyclic amines) is 1. The van der Waals surface area contributed by atoms with E-state index in [2.05, 4.69) is 0 Å². The molecule has 29 heavy (non-hydrogen) atoms. The quantitative estimate of drug-likeness (QED) is 0.646. The number of carbonyl (C=O) groups is 1. The van der Waals surface area contributed by atoms with Crippen molar-refractivity contribution in [2.24, 2.45) is 0 Å². The van der Waals surface area contributed by atoms with Gasteiger partial charge in [0, 0.05) is 25.7 Å². The third-order valence-electron chi connectivity index (χ3n) is 5.05. The van der Waals surface area contributed by atoms with Crippen molar-refractivity contribution in [3.63, 3.8) is 0 Å². The fraction of sp³-hybridized carbons (Fsp3) is 0.381. The number of benzene rings is 2. The minimum absolute atomic E-state index is 0.0754. The first-order valence-corrected chi connectivity index (χ1v) is 10.9. The molecule has 2 aromatic rings. The van der Waals surface area contributed by atoms with E-state index in [9.17, 15) is 13.2 Å². The molecule has 0 saturated carbocycles. The lowest BCUT2D eigenvalue weighted by atomic mass is 10.1. The van der Waals surface area contributed by atoms with Crippen LogP contribution in [-0.2, 0) is 26.2 Å². The zero-order valence-electron chi connectivity index (χ0n) is 16.7. The molecular weight excluding hydrogens is 392 g/mol. The first-order valence-electron chi connectivity index (χ1n) is 9.49. The summed E-state index contributed by atoms with van der Waals surface area (Å²) in [6, 6.07) is 16.0. The Morgan fingerprint density at radius 1 is 1.07 bits per heavy atom. The van der Waals surface area contributed by atoms with Crippen molar-refractivity contribution in [1.82, 2.24) is 9.37 Å². The number of ether oxygens (including phenoxy) is 1. The summed E-state index contributed by atoms with van der Waals surface area (Å²) in [7, 11) is -1.12. The summed E-state index contributed by atoms with van der Waals surface area (Å²) < 4.78 is 31.2. The monoisotopic (exact) mass is 418 g/mol. The van der Waals surface area contributed by atoms with Crippen molar-refractivity contribution in [2.75, 3.05) is 27.2 Å². The van der Waals surface area contributed by atoms with Crippen LogP contribution in [0.1, 0.15) is 28.8 Å². The number of piperidine rings is 1. The van der Waals surface area contributed by atoms with Crippen molar-refractivity contribution >= 4 is 15.9 Å². The molecule has 0 radical (unpaired) electrons. The number of nitrogens with zero attached hydrogens (tertiary/aromatic N) is 2. The highest BCUT2D eigenvalue weighted by Crippen LogP contribution is 2.20. The molecule has 1 fully saturated rings. The van der Waals surface area contributed by atoms with Gasteiger partial charge >= 0.3 is 0 Å². The van der Waals surface area contributed by atoms with Crippen molar-refractivity contribution in [2.45, 2.75) is 30.4 Å². The molecule has 1 aliphatic heterocycles. The SMILES string of the molecule is CON(C)S(=O)(=O)c1ccc(C(=O)N2CCC(OCc3ccccc3)CC2)cc1. The molecule has 1 heterocycles. The largest absolute Gasteiger partial charge is 0.373 e. The lowest BCUT2D eigenvalue weighted by Crippen LogP contribution is -2.40. The van der Waals surface area contributed by atoms with E-state index in [0.717, 1.165) is 22.9 Å². The lowest BCUT2D eigenvalue weighted by Gasteiger charge is -2.32. The molecule has 1 amide bonds. The third kappa shape index (κ3) is 5.22. The standard InChI is InChI=1S/C21H26N2O5S/c1-22(27-2)29(25,26)20-10-8-18(9-11-20)21(24)23-14-12-19(13-15-23)28-16-17-6-4-3-5-7-17/h3-11,19H,12-16H2,1-2H3. The molecule has 0 N–H and O–H groups in total. The van der Waals surface area contributed by atoms with Crippen molar-refractivity contribution < 1.29 is 22.8 Å². The van der Waals surface area contributed by atoms with Crippen LogP contribution in [-0.4, -0.2) is 57.0 Å². The Kier molecular flexibility index (Phi) is 7.02. The van der Waals surface area contributed by atoms with Crippen molar-refractivity contribution in [3.05, 3.63) is 65.7 Å². The molecule has 7 nitrogen and oxygen atoms in total. The Morgan fingerprint density at radius 3 is 2.28 bits per heavy atom. The zero-order valence-corrected chi connectivity index (χ0v) is 17.5. The summed E-state index contributed by atoms with van der Waals surface area (Å²) in [5, 5.41) is 0. The number of carbonyl (C=O) groups excluding carboxylic acids is 1. The van der Waals surface area contributed by atoms with Gasteiger partial charge in [0.15, 0.2) is 0 Å². The molecule has 0 unspecified atom stereocenters. The highest BCUT2D eigenvalue weighted by molar-refractivity contribution is 7.89. The molecular formula is C21H26N2O5S. The predicted molar refractivity (Wildman–Crippen MR) is 109 cm³/mol. The molecule has 1 aliphatic rings. The maximum absolute atomic E-state index is 12.7. The first kappa shape index (κ1) is 21.4. The van der Waals surface area contributed by atoms with Gasteiger partial charge in [-0.05, 0) is 42.7 Å². The Morgan fingerprint density at radius 2 is 1.69 bits per heavy atom. The second-order valence-electron chi connectivity index (χ2n) is 6.91. The molecule has 0 atom stereocenters. The van der Waals surface area contributed by atoms with E-state index in [1.807, 2.05) is 30.3 Å². The molecule has 1 saturated heterocycles. The van der Waals surface area contributed by atoms with Crippen LogP contribution in [0.3, 0.4) is 0 Å². The van der Waals surface area contributed by atoms with E-state index in [0.29, 0.717) is 25.3 Å². The minimum atomic E-state index is -3.72. The average Bonchev–Trinajstić information content (AvgIpc) is 2.77. The van der Waals surface area contributed by atoms with Gasteiger partial charge in [0.1, 0.15) is 0 Å². The smallest absolute Gasteiger partial charge is 0.264 e. The van der Waals surface area contributed by atoms with E-state index in [1.165, 1.54) is 38.4 Å². The zero-order chi connectivity index (χ0) is 20.9. The molecule has 0 spiro atoms. The molecule has 0 aromatic heterocycles. The molecule has 0 bridgehead atoms. The van der Waals surface area contributed by atoms with Crippen LogP contribution >= 0.6 is 0 Å². The summed E-state index contributed by atoms with van der Waals surface area (Å²) in [5.41, 5.74) is 1.60. The van der Waals surface area contributed by atoms with Crippen LogP contribution in [0.25, 0.3) is 0 Å². The number of sulfonamides is 1. The van der Waals surface area contributed by atoms with E-state index >= 15 is 0 Å². The van der Waals surface area contributed by atoms with E-state index in [1.54, 1.807) is 4.90 Å². The average molecular weight is 419 g/mol. The summed E-state index contributed by atoms with van der Waals surface area (Å²) in [6.07, 6.45) is 1.70. The second-order valence-corrected chi connectivity index (χ2v) is 8.85. The number of hydrogen-bond donors (Lipinski definition) is 0. The van der Waals surface area contributed by atoms with Crippen LogP contribution in [0.5, 0.6) is 0 Å². The fourth-order valence-corrected chi connectivity index (χ4v) is 4.19. The molecule has 2 aromatic carbocycles. The van der Waals surface area contributed by atoms with Crippen molar-refractivity contribution in [3.8, 4) is 0 Å². The van der Waals surface area contributed by atoms with Gasteiger partial charge in [0.2, 0.25) is 0 Å². The number of hydroxylamine groups is 1. The highest BCUT2D eigenvalue weighted by atomic mass is 32.2. The second kappa shape index (κ2) is 9.49. The fourth-order valence-electron chi connectivity index (χ4n) is 3.21. The lowest BCUT2D eigenvalue weighted by molar-refractivity contribution is -0.0258. The predicted octanol–water partition coefficient (Wildman–Crippen LogP) is 2.69. The van der Waals surface area contributed by atoms with Gasteiger partial charge in [-0.1, -0.05) is 34.8 Å². The van der Waals surface area contributed by atoms with Gasteiger partial charge in [-0.2, -0.15) is 0 Å². The molecule has 0 aliphatic carbocycles. The highest BCUT2D eigenvalue weighted by Gasteiger charge is 2.25.